The molecule has 142 valence electrons. The van der Waals surface area contributed by atoms with Gasteiger partial charge in [-0.25, -0.2) is 9.67 Å². The van der Waals surface area contributed by atoms with Gasteiger partial charge in [-0.05, 0) is 24.3 Å². The summed E-state index contributed by atoms with van der Waals surface area (Å²) in [4.78, 5) is 30.5. The molecule has 1 aliphatic heterocycles. The Kier molecular flexibility index (Phi) is 5.01. The van der Waals surface area contributed by atoms with Gasteiger partial charge in [-0.1, -0.05) is 18.2 Å². The molecule has 0 fully saturated rings. The summed E-state index contributed by atoms with van der Waals surface area (Å²) in [5.41, 5.74) is 1.55. The molecule has 1 aliphatic rings. The molecule has 0 spiro atoms. The summed E-state index contributed by atoms with van der Waals surface area (Å²) < 4.78 is 7.08. The molecule has 0 saturated heterocycles. The molecular weight excluding hydrogens is 358 g/mol. The minimum Gasteiger partial charge on any atom is -0.482 e. The van der Waals surface area contributed by atoms with E-state index in [1.165, 1.54) is 0 Å². The van der Waals surface area contributed by atoms with Gasteiger partial charge in [0.15, 0.2) is 12.4 Å². The molecule has 0 atom stereocenters. The van der Waals surface area contributed by atoms with Crippen molar-refractivity contribution < 1.29 is 14.3 Å². The summed E-state index contributed by atoms with van der Waals surface area (Å²) in [6.07, 6.45) is 5.35. The molecular formula is C20H19N5O3. The van der Waals surface area contributed by atoms with E-state index in [9.17, 15) is 9.59 Å². The number of carbonyl (C=O) groups is 2. The van der Waals surface area contributed by atoms with Crippen molar-refractivity contribution in [2.24, 2.45) is 0 Å². The van der Waals surface area contributed by atoms with Crippen molar-refractivity contribution in [1.29, 1.82) is 0 Å². The first kappa shape index (κ1) is 17.7. The summed E-state index contributed by atoms with van der Waals surface area (Å²) in [5, 5.41) is 7.08. The molecule has 4 rings (SSSR count). The lowest BCUT2D eigenvalue weighted by Gasteiger charge is -2.29. The van der Waals surface area contributed by atoms with E-state index in [1.807, 2.05) is 42.5 Å². The highest BCUT2D eigenvalue weighted by atomic mass is 16.5. The van der Waals surface area contributed by atoms with Gasteiger partial charge in [-0.2, -0.15) is 5.10 Å². The van der Waals surface area contributed by atoms with E-state index in [2.05, 4.69) is 15.4 Å². The van der Waals surface area contributed by atoms with Crippen LogP contribution in [0, 0.1) is 0 Å². The topological polar surface area (TPSA) is 89.4 Å². The number of aromatic nitrogens is 3. The number of nitrogens with one attached hydrogen (secondary N) is 1. The number of benzene rings is 1. The molecule has 8 nitrogen and oxygen atoms in total. The smallest absolute Gasteiger partial charge is 0.265 e. The van der Waals surface area contributed by atoms with E-state index in [1.54, 1.807) is 28.2 Å². The Bertz CT molecular complexity index is 987. The average molecular weight is 377 g/mol. The summed E-state index contributed by atoms with van der Waals surface area (Å²) in [6, 6.07) is 12.8. The molecule has 0 bridgehead atoms. The molecule has 3 aromatic rings. The maximum Gasteiger partial charge on any atom is 0.265 e. The predicted molar refractivity (Wildman–Crippen MR) is 102 cm³/mol. The van der Waals surface area contributed by atoms with Gasteiger partial charge in [0.25, 0.3) is 5.91 Å². The normalized spacial score (nSPS) is 13.0. The highest BCUT2D eigenvalue weighted by molar-refractivity contribution is 5.98. The fraction of sp³-hybridized carbons (Fsp3) is 0.200. The molecule has 1 N–H and O–H groups in total. The van der Waals surface area contributed by atoms with Gasteiger partial charge >= 0.3 is 0 Å². The number of para-hydroxylation sites is 2. The number of amides is 2. The third-order valence-corrected chi connectivity index (χ3v) is 4.44. The maximum atomic E-state index is 12.4. The first-order valence-electron chi connectivity index (χ1n) is 8.95. The summed E-state index contributed by atoms with van der Waals surface area (Å²) >= 11 is 0. The largest absolute Gasteiger partial charge is 0.482 e. The number of carbonyl (C=O) groups excluding carboxylic acids is 2. The zero-order valence-corrected chi connectivity index (χ0v) is 15.1. The summed E-state index contributed by atoms with van der Waals surface area (Å²) in [5.74, 6) is 1.03. The van der Waals surface area contributed by atoms with Gasteiger partial charge in [0.1, 0.15) is 5.75 Å². The van der Waals surface area contributed by atoms with Crippen LogP contribution in [0.4, 0.5) is 5.69 Å². The van der Waals surface area contributed by atoms with Crippen molar-refractivity contribution in [1.82, 2.24) is 20.1 Å². The van der Waals surface area contributed by atoms with Crippen LogP contribution in [0.2, 0.25) is 0 Å². The summed E-state index contributed by atoms with van der Waals surface area (Å²) in [6.45, 7) is 0.612. The Morgan fingerprint density at radius 2 is 2.04 bits per heavy atom. The maximum absolute atomic E-state index is 12.4. The number of fused-ring (bicyclic) bond motifs is 1. The number of nitrogens with zero attached hydrogens (tertiary/aromatic N) is 4. The molecule has 8 heteroatoms. The number of pyridine rings is 1. The van der Waals surface area contributed by atoms with Gasteiger partial charge in [-0.15, -0.1) is 0 Å². The first-order chi connectivity index (χ1) is 13.7. The second kappa shape index (κ2) is 7.91. The monoisotopic (exact) mass is 377 g/mol. The minimum absolute atomic E-state index is 0.0124. The van der Waals surface area contributed by atoms with Gasteiger partial charge in [0.2, 0.25) is 5.91 Å². The minimum atomic E-state index is -0.153. The fourth-order valence-corrected chi connectivity index (χ4v) is 3.06. The number of anilines is 1. The second-order valence-electron chi connectivity index (χ2n) is 6.27. The predicted octanol–water partition coefficient (Wildman–Crippen LogP) is 1.70. The van der Waals surface area contributed by atoms with Crippen LogP contribution in [0.15, 0.2) is 61.1 Å². The van der Waals surface area contributed by atoms with E-state index in [-0.39, 0.29) is 24.8 Å². The van der Waals surface area contributed by atoms with E-state index < -0.39 is 0 Å². The lowest BCUT2D eigenvalue weighted by Crippen LogP contribution is -2.41. The molecule has 0 radical (unpaired) electrons. The zero-order valence-electron chi connectivity index (χ0n) is 15.1. The van der Waals surface area contributed by atoms with Gasteiger partial charge < -0.3 is 15.0 Å². The van der Waals surface area contributed by atoms with Crippen LogP contribution in [0.25, 0.3) is 5.82 Å². The third-order valence-electron chi connectivity index (χ3n) is 4.44. The third kappa shape index (κ3) is 3.71. The zero-order chi connectivity index (χ0) is 19.3. The Morgan fingerprint density at radius 3 is 2.89 bits per heavy atom. The number of hydrogen-bond donors (Lipinski definition) is 1. The van der Waals surface area contributed by atoms with Gasteiger partial charge in [-0.3, -0.25) is 9.59 Å². The van der Waals surface area contributed by atoms with Crippen LogP contribution in [0.5, 0.6) is 5.75 Å². The Hall–Kier alpha value is -3.68. The SMILES string of the molecule is O=C(CCN1C(=O)COc2ccccc21)NCc1cccnc1-n1cccn1. The quantitative estimate of drug-likeness (QED) is 0.706. The molecule has 1 aromatic carbocycles. The Balaban J connectivity index is 1.37. The van der Waals surface area contributed by atoms with Gasteiger partial charge in [0.05, 0.1) is 5.69 Å². The van der Waals surface area contributed by atoms with Crippen LogP contribution in [0.3, 0.4) is 0 Å². The van der Waals surface area contributed by atoms with Crippen molar-refractivity contribution in [3.05, 3.63) is 66.6 Å². The van der Waals surface area contributed by atoms with Crippen LogP contribution < -0.4 is 15.0 Å². The molecule has 28 heavy (non-hydrogen) atoms. The standard InChI is InChI=1S/C20H19N5O3/c26-18(8-12-24-16-6-1-2-7-17(16)28-14-19(24)27)22-13-15-5-3-9-21-20(15)25-11-4-10-23-25/h1-7,9-11H,8,12-14H2,(H,22,26). The van der Waals surface area contributed by atoms with Crippen molar-refractivity contribution in [2.75, 3.05) is 18.1 Å². The van der Waals surface area contributed by atoms with Crippen LogP contribution in [0.1, 0.15) is 12.0 Å². The molecule has 0 aliphatic carbocycles. The van der Waals surface area contributed by atoms with Crippen molar-refractivity contribution in [3.63, 3.8) is 0 Å². The van der Waals surface area contributed by atoms with Crippen molar-refractivity contribution in [3.8, 4) is 11.6 Å². The highest BCUT2D eigenvalue weighted by Crippen LogP contribution is 2.31. The number of rotatable bonds is 6. The van der Waals surface area contributed by atoms with E-state index in [0.29, 0.717) is 30.3 Å². The highest BCUT2D eigenvalue weighted by Gasteiger charge is 2.25. The molecule has 0 unspecified atom stereocenters. The van der Waals surface area contributed by atoms with Crippen LogP contribution in [-0.2, 0) is 16.1 Å². The Morgan fingerprint density at radius 1 is 1.14 bits per heavy atom. The Labute approximate surface area is 161 Å². The lowest BCUT2D eigenvalue weighted by atomic mass is 10.2. The number of ether oxygens (including phenoxy) is 1. The second-order valence-corrected chi connectivity index (χ2v) is 6.27. The first-order valence-corrected chi connectivity index (χ1v) is 8.95. The molecule has 3 heterocycles. The van der Waals surface area contributed by atoms with Crippen molar-refractivity contribution in [2.45, 2.75) is 13.0 Å². The lowest BCUT2D eigenvalue weighted by molar-refractivity contribution is -0.122. The number of hydrogen-bond acceptors (Lipinski definition) is 5. The van der Waals surface area contributed by atoms with Crippen molar-refractivity contribution >= 4 is 17.5 Å². The van der Waals surface area contributed by atoms with E-state index in [4.69, 9.17) is 4.74 Å². The molecule has 0 saturated carbocycles. The fourth-order valence-electron chi connectivity index (χ4n) is 3.06. The molecule has 2 aromatic heterocycles. The van der Waals surface area contributed by atoms with Crippen LogP contribution >= 0.6 is 0 Å². The average Bonchev–Trinajstić information content (AvgIpc) is 3.26. The van der Waals surface area contributed by atoms with Gasteiger partial charge in [0, 0.05) is 43.7 Å². The molecule has 2 amide bonds. The van der Waals surface area contributed by atoms with E-state index >= 15 is 0 Å². The summed E-state index contributed by atoms with van der Waals surface area (Å²) in [7, 11) is 0. The van der Waals surface area contributed by atoms with E-state index in [0.717, 1.165) is 5.56 Å². The van der Waals surface area contributed by atoms with Crippen LogP contribution in [-0.4, -0.2) is 39.7 Å².